The van der Waals surface area contributed by atoms with Crippen molar-refractivity contribution >= 4 is 11.9 Å². The highest BCUT2D eigenvalue weighted by molar-refractivity contribution is 5.84. The van der Waals surface area contributed by atoms with E-state index in [0.717, 1.165) is 28.5 Å². The number of ether oxygens (including phenoxy) is 3. The molecule has 0 N–H and O–H groups in total. The lowest BCUT2D eigenvalue weighted by Crippen LogP contribution is -2.60. The molecule has 0 amide bonds. The molecule has 3 aliphatic heterocycles. The van der Waals surface area contributed by atoms with Gasteiger partial charge in [0.15, 0.2) is 0 Å². The van der Waals surface area contributed by atoms with E-state index in [-0.39, 0.29) is 25.1 Å². The smallest absolute Gasteiger partial charge is 0.314 e. The molecule has 2 aromatic carbocycles. The van der Waals surface area contributed by atoms with Crippen LogP contribution >= 0.6 is 0 Å². The summed E-state index contributed by atoms with van der Waals surface area (Å²) in [6.07, 6.45) is 2.04. The lowest BCUT2D eigenvalue weighted by Gasteiger charge is -2.45. The van der Waals surface area contributed by atoms with Crippen LogP contribution in [0.25, 0.3) is 0 Å². The summed E-state index contributed by atoms with van der Waals surface area (Å²) < 4.78 is 18.2. The van der Waals surface area contributed by atoms with E-state index >= 15 is 0 Å². The van der Waals surface area contributed by atoms with Crippen molar-refractivity contribution in [2.75, 3.05) is 14.1 Å². The molecule has 0 saturated carbocycles. The average molecular weight is 437 g/mol. The molecule has 3 saturated heterocycles. The number of hydrogen-bond donors (Lipinski definition) is 0. The molecule has 0 spiro atoms. The van der Waals surface area contributed by atoms with Gasteiger partial charge in [0.25, 0.3) is 0 Å². The van der Waals surface area contributed by atoms with E-state index in [9.17, 15) is 9.59 Å². The Morgan fingerprint density at radius 2 is 1.56 bits per heavy atom. The van der Waals surface area contributed by atoms with E-state index in [1.54, 1.807) is 0 Å². The molecule has 6 heteroatoms. The number of benzene rings is 2. The van der Waals surface area contributed by atoms with Gasteiger partial charge in [-0.2, -0.15) is 0 Å². The number of carbonyl (C=O) groups is 2. The maximum Gasteiger partial charge on any atom is 0.314 e. The van der Waals surface area contributed by atoms with Crippen LogP contribution in [0.3, 0.4) is 0 Å². The molecule has 0 aliphatic carbocycles. The Morgan fingerprint density at radius 3 is 2.19 bits per heavy atom. The second-order valence-electron chi connectivity index (χ2n) is 9.67. The van der Waals surface area contributed by atoms with Crippen LogP contribution in [0.5, 0.6) is 0 Å². The lowest BCUT2D eigenvalue weighted by molar-refractivity contribution is -0.938. The SMILES string of the molecule is C[N+]1(C)[C@@H]2CC(OC(=O)[C@H](CC(=O)OCc3ccccc3)c3ccccc3)C[C@H]1[C@@H]1O[C@@H]12. The van der Waals surface area contributed by atoms with Crippen molar-refractivity contribution in [3.05, 3.63) is 71.8 Å². The van der Waals surface area contributed by atoms with E-state index in [0.29, 0.717) is 24.3 Å². The molecular formula is C26H30NO5+. The molecule has 1 unspecified atom stereocenters. The Labute approximate surface area is 188 Å². The number of nitrogens with zero attached hydrogens (tertiary/aromatic N) is 1. The first-order chi connectivity index (χ1) is 15.4. The summed E-state index contributed by atoms with van der Waals surface area (Å²) in [6.45, 7) is 0.192. The zero-order valence-corrected chi connectivity index (χ0v) is 18.6. The van der Waals surface area contributed by atoms with Crippen LogP contribution in [-0.4, -0.2) is 60.9 Å². The molecule has 3 fully saturated rings. The van der Waals surface area contributed by atoms with Crippen LogP contribution in [0.1, 0.15) is 36.3 Å². The normalized spacial score (nSPS) is 30.1. The zero-order valence-electron chi connectivity index (χ0n) is 18.6. The quantitative estimate of drug-likeness (QED) is 0.379. The minimum atomic E-state index is -0.674. The highest BCUT2D eigenvalue weighted by atomic mass is 16.6. The Balaban J connectivity index is 1.24. The maximum absolute atomic E-state index is 13.2. The summed E-state index contributed by atoms with van der Waals surface area (Å²) >= 11 is 0. The van der Waals surface area contributed by atoms with E-state index in [1.165, 1.54) is 0 Å². The number of likely N-dealkylation sites (N-methyl/N-ethyl adjacent to an activating group) is 1. The second-order valence-corrected chi connectivity index (χ2v) is 9.67. The Bertz CT molecular complexity index is 956. The second kappa shape index (κ2) is 8.34. The van der Waals surface area contributed by atoms with Gasteiger partial charge in [0, 0.05) is 12.8 Å². The van der Waals surface area contributed by atoms with Gasteiger partial charge < -0.3 is 18.7 Å². The van der Waals surface area contributed by atoms with Gasteiger partial charge >= 0.3 is 11.9 Å². The molecule has 3 aliphatic rings. The first-order valence-corrected chi connectivity index (χ1v) is 11.4. The third kappa shape index (κ3) is 4.05. The van der Waals surface area contributed by atoms with Gasteiger partial charge in [0.2, 0.25) is 0 Å². The number of fused-ring (bicyclic) bond motifs is 5. The average Bonchev–Trinajstić information content (AvgIpc) is 3.56. The van der Waals surface area contributed by atoms with Crippen molar-refractivity contribution in [3.8, 4) is 0 Å². The first-order valence-electron chi connectivity index (χ1n) is 11.4. The fourth-order valence-corrected chi connectivity index (χ4v) is 5.53. The molecule has 5 rings (SSSR count). The number of piperidine rings is 1. The number of esters is 2. The van der Waals surface area contributed by atoms with Crippen molar-refractivity contribution in [3.63, 3.8) is 0 Å². The number of quaternary nitrogens is 1. The maximum atomic E-state index is 13.2. The number of rotatable bonds is 7. The summed E-state index contributed by atoms with van der Waals surface area (Å²) in [5.41, 5.74) is 1.69. The third-order valence-electron chi connectivity index (χ3n) is 7.42. The molecule has 0 radical (unpaired) electrons. The summed E-state index contributed by atoms with van der Waals surface area (Å²) in [6, 6.07) is 19.6. The standard InChI is InChI=1S/C26H30NO5/c1-27(2)21-13-19(14-22(27)25-24(21)32-25)31-26(29)20(18-11-7-4-8-12-18)15-23(28)30-16-17-9-5-3-6-10-17/h3-12,19-22,24-25H,13-16H2,1-2H3/q+1/t19?,20-,21-,22+,24-,25+/m1/s1. The molecule has 3 heterocycles. The Morgan fingerprint density at radius 1 is 0.969 bits per heavy atom. The van der Waals surface area contributed by atoms with Gasteiger partial charge in [-0.1, -0.05) is 60.7 Å². The van der Waals surface area contributed by atoms with Crippen LogP contribution in [0, 0.1) is 0 Å². The minimum absolute atomic E-state index is 0.0365. The molecule has 6 nitrogen and oxygen atoms in total. The molecule has 2 aromatic rings. The predicted molar refractivity (Wildman–Crippen MR) is 117 cm³/mol. The molecule has 2 bridgehead atoms. The van der Waals surface area contributed by atoms with Crippen molar-refractivity contribution in [1.29, 1.82) is 0 Å². The van der Waals surface area contributed by atoms with E-state index in [4.69, 9.17) is 14.2 Å². The predicted octanol–water partition coefficient (Wildman–Crippen LogP) is 3.20. The van der Waals surface area contributed by atoms with E-state index in [2.05, 4.69) is 14.1 Å². The fourth-order valence-electron chi connectivity index (χ4n) is 5.53. The van der Waals surface area contributed by atoms with Crippen LogP contribution in [0.4, 0.5) is 0 Å². The number of hydrogen-bond acceptors (Lipinski definition) is 5. The van der Waals surface area contributed by atoms with E-state index in [1.807, 2.05) is 60.7 Å². The molecule has 32 heavy (non-hydrogen) atoms. The minimum Gasteiger partial charge on any atom is -0.461 e. The zero-order chi connectivity index (χ0) is 22.3. The molecule has 0 aromatic heterocycles. The van der Waals surface area contributed by atoms with Crippen molar-refractivity contribution < 1.29 is 28.3 Å². The van der Waals surface area contributed by atoms with Gasteiger partial charge in [-0.3, -0.25) is 9.59 Å². The summed E-state index contributed by atoms with van der Waals surface area (Å²) in [4.78, 5) is 25.8. The topological polar surface area (TPSA) is 65.1 Å². The highest BCUT2D eigenvalue weighted by Gasteiger charge is 2.70. The van der Waals surface area contributed by atoms with Crippen molar-refractivity contribution in [2.45, 2.75) is 62.2 Å². The van der Waals surface area contributed by atoms with Gasteiger partial charge in [-0.25, -0.2) is 0 Å². The van der Waals surface area contributed by atoms with Gasteiger partial charge in [0.1, 0.15) is 37.0 Å². The largest absolute Gasteiger partial charge is 0.461 e. The monoisotopic (exact) mass is 436 g/mol. The van der Waals surface area contributed by atoms with Crippen molar-refractivity contribution in [2.24, 2.45) is 0 Å². The highest BCUT2D eigenvalue weighted by Crippen LogP contribution is 2.51. The molecule has 168 valence electrons. The van der Waals surface area contributed by atoms with Crippen molar-refractivity contribution in [1.82, 2.24) is 0 Å². The van der Waals surface area contributed by atoms with Gasteiger partial charge in [-0.05, 0) is 11.1 Å². The Kier molecular flexibility index (Phi) is 5.51. The fraction of sp³-hybridized carbons (Fsp3) is 0.462. The third-order valence-corrected chi connectivity index (χ3v) is 7.42. The van der Waals surface area contributed by atoms with Crippen LogP contribution < -0.4 is 0 Å². The van der Waals surface area contributed by atoms with Gasteiger partial charge in [-0.15, -0.1) is 0 Å². The number of carbonyl (C=O) groups excluding carboxylic acids is 2. The summed E-state index contributed by atoms with van der Waals surface area (Å²) in [5.74, 6) is -1.43. The van der Waals surface area contributed by atoms with Crippen LogP contribution in [0.15, 0.2) is 60.7 Å². The molecular weight excluding hydrogens is 406 g/mol. The van der Waals surface area contributed by atoms with E-state index < -0.39 is 11.9 Å². The van der Waals surface area contributed by atoms with Crippen LogP contribution in [-0.2, 0) is 30.4 Å². The Hall–Kier alpha value is -2.70. The molecule has 6 atom stereocenters. The first kappa shape index (κ1) is 21.2. The van der Waals surface area contributed by atoms with Gasteiger partial charge in [0.05, 0.1) is 26.4 Å². The number of morpholine rings is 1. The van der Waals surface area contributed by atoms with Crippen LogP contribution in [0.2, 0.25) is 0 Å². The summed E-state index contributed by atoms with van der Waals surface area (Å²) in [5, 5.41) is 0. The summed E-state index contributed by atoms with van der Waals surface area (Å²) in [7, 11) is 4.50. The lowest BCUT2D eigenvalue weighted by atomic mass is 9.94. The number of epoxide rings is 1.